The summed E-state index contributed by atoms with van der Waals surface area (Å²) in [6.07, 6.45) is 4.35. The number of thioether (sulfide) groups is 1. The monoisotopic (exact) mass is 356 g/mol. The number of aromatic nitrogens is 2. The van der Waals surface area contributed by atoms with E-state index in [1.165, 1.54) is 6.42 Å². The molecule has 2 aromatic rings. The minimum atomic E-state index is 0.365. The molecule has 25 heavy (non-hydrogen) atoms. The zero-order valence-corrected chi connectivity index (χ0v) is 16.7. The fourth-order valence-electron chi connectivity index (χ4n) is 2.61. The summed E-state index contributed by atoms with van der Waals surface area (Å²) in [4.78, 5) is 14.3. The smallest absolute Gasteiger partial charge is 0.130 e. The van der Waals surface area contributed by atoms with E-state index >= 15 is 0 Å². The van der Waals surface area contributed by atoms with Gasteiger partial charge in [-0.1, -0.05) is 26.8 Å². The van der Waals surface area contributed by atoms with Gasteiger partial charge in [0.2, 0.25) is 0 Å². The molecule has 0 radical (unpaired) electrons. The molecule has 0 aliphatic heterocycles. The molecule has 1 aromatic carbocycles. The summed E-state index contributed by atoms with van der Waals surface area (Å²) >= 11 is 1.66. The molecule has 1 N–H and O–H groups in total. The number of hydrogen-bond donors (Lipinski definition) is 1. The highest BCUT2D eigenvalue weighted by Crippen LogP contribution is 2.32. The van der Waals surface area contributed by atoms with E-state index in [1.807, 2.05) is 31.4 Å². The predicted molar refractivity (Wildman–Crippen MR) is 110 cm³/mol. The second-order valence-electron chi connectivity index (χ2n) is 7.32. The molecule has 0 spiro atoms. The number of nitrogens with one attached hydrogen (secondary N) is 1. The number of aliphatic imine (C=N–C) groups is 1. The predicted octanol–water partition coefficient (Wildman–Crippen LogP) is 5.74. The standard InChI is InChI=1S/C20H28N4S/c1-14-23-17(15-8-9-16(21-5)18(12-15)25-6)13-19(24-14)22-11-7-10-20(2,3)4/h8-9,12-13H,5,7,10-11H2,1-4,6H3,(H,22,23,24). The van der Waals surface area contributed by atoms with Crippen molar-refractivity contribution in [3.8, 4) is 11.3 Å². The molecule has 1 heterocycles. The second kappa shape index (κ2) is 8.48. The van der Waals surface area contributed by atoms with E-state index < -0.39 is 0 Å². The van der Waals surface area contributed by atoms with Crippen LogP contribution in [0.25, 0.3) is 11.3 Å². The number of nitrogens with zero attached hydrogens (tertiary/aromatic N) is 3. The van der Waals surface area contributed by atoms with E-state index in [9.17, 15) is 0 Å². The van der Waals surface area contributed by atoms with Crippen molar-refractivity contribution in [3.05, 3.63) is 30.1 Å². The van der Waals surface area contributed by atoms with Gasteiger partial charge < -0.3 is 5.32 Å². The molecule has 0 unspecified atom stereocenters. The summed E-state index contributed by atoms with van der Waals surface area (Å²) in [6, 6.07) is 8.15. The Morgan fingerprint density at radius 3 is 2.60 bits per heavy atom. The van der Waals surface area contributed by atoms with Gasteiger partial charge in [0, 0.05) is 23.1 Å². The molecule has 1 aromatic heterocycles. The van der Waals surface area contributed by atoms with Crippen LogP contribution in [0.4, 0.5) is 11.5 Å². The van der Waals surface area contributed by atoms with E-state index in [2.05, 4.69) is 53.8 Å². The zero-order valence-electron chi connectivity index (χ0n) is 15.9. The van der Waals surface area contributed by atoms with Crippen molar-refractivity contribution in [1.29, 1.82) is 0 Å². The summed E-state index contributed by atoms with van der Waals surface area (Å²) in [5.74, 6) is 1.65. The van der Waals surface area contributed by atoms with Gasteiger partial charge in [0.05, 0.1) is 11.4 Å². The molecule has 4 nitrogen and oxygen atoms in total. The molecular formula is C20H28N4S. The zero-order chi connectivity index (χ0) is 18.4. The van der Waals surface area contributed by atoms with E-state index in [0.717, 1.165) is 46.4 Å². The average Bonchev–Trinajstić information content (AvgIpc) is 2.56. The van der Waals surface area contributed by atoms with Crippen LogP contribution >= 0.6 is 11.8 Å². The minimum absolute atomic E-state index is 0.365. The Balaban J connectivity index is 2.17. The quantitative estimate of drug-likeness (QED) is 0.390. The summed E-state index contributed by atoms with van der Waals surface area (Å²) in [6.45, 7) is 13.3. The summed E-state index contributed by atoms with van der Waals surface area (Å²) < 4.78 is 0. The first-order valence-corrected chi connectivity index (χ1v) is 9.79. The number of aryl methyl sites for hydroxylation is 1. The molecule has 0 saturated carbocycles. The Bertz CT molecular complexity index is 735. The van der Waals surface area contributed by atoms with Crippen LogP contribution in [0.2, 0.25) is 0 Å². The van der Waals surface area contributed by atoms with Crippen LogP contribution < -0.4 is 5.32 Å². The first-order valence-electron chi connectivity index (χ1n) is 8.57. The molecule has 2 rings (SSSR count). The molecule has 134 valence electrons. The lowest BCUT2D eigenvalue weighted by atomic mass is 9.91. The minimum Gasteiger partial charge on any atom is -0.370 e. The van der Waals surface area contributed by atoms with Crippen LogP contribution in [0.15, 0.2) is 34.2 Å². The fraction of sp³-hybridized carbons (Fsp3) is 0.450. The van der Waals surface area contributed by atoms with E-state index in [1.54, 1.807) is 11.8 Å². The Morgan fingerprint density at radius 1 is 1.20 bits per heavy atom. The lowest BCUT2D eigenvalue weighted by Crippen LogP contribution is -2.10. The molecule has 0 aliphatic carbocycles. The maximum Gasteiger partial charge on any atom is 0.130 e. The Labute approximate surface area is 155 Å². The molecule has 0 bridgehead atoms. The summed E-state index contributed by atoms with van der Waals surface area (Å²) in [7, 11) is 0. The summed E-state index contributed by atoms with van der Waals surface area (Å²) in [5.41, 5.74) is 3.27. The van der Waals surface area contributed by atoms with Crippen molar-refractivity contribution >= 4 is 30.0 Å². The van der Waals surface area contributed by atoms with Crippen molar-refractivity contribution in [1.82, 2.24) is 9.97 Å². The topological polar surface area (TPSA) is 50.2 Å². The summed E-state index contributed by atoms with van der Waals surface area (Å²) in [5, 5.41) is 3.43. The van der Waals surface area contributed by atoms with Gasteiger partial charge in [-0.25, -0.2) is 9.97 Å². The maximum atomic E-state index is 4.60. The van der Waals surface area contributed by atoms with Crippen molar-refractivity contribution < 1.29 is 0 Å². The van der Waals surface area contributed by atoms with Gasteiger partial charge in [-0.2, -0.15) is 0 Å². The van der Waals surface area contributed by atoms with E-state index in [0.29, 0.717) is 5.41 Å². The van der Waals surface area contributed by atoms with Crippen LogP contribution in [-0.4, -0.2) is 29.5 Å². The van der Waals surface area contributed by atoms with Gasteiger partial charge in [-0.05, 0) is 50.3 Å². The van der Waals surface area contributed by atoms with E-state index in [4.69, 9.17) is 0 Å². The highest BCUT2D eigenvalue weighted by Gasteiger charge is 2.10. The normalized spacial score (nSPS) is 11.4. The van der Waals surface area contributed by atoms with Crippen molar-refractivity contribution in [2.24, 2.45) is 10.4 Å². The van der Waals surface area contributed by atoms with Crippen molar-refractivity contribution in [2.45, 2.75) is 45.4 Å². The van der Waals surface area contributed by atoms with Gasteiger partial charge in [-0.3, -0.25) is 4.99 Å². The fourth-order valence-corrected chi connectivity index (χ4v) is 3.20. The molecule has 0 aliphatic rings. The van der Waals surface area contributed by atoms with Gasteiger partial charge >= 0.3 is 0 Å². The van der Waals surface area contributed by atoms with Gasteiger partial charge in [0.25, 0.3) is 0 Å². The number of rotatable bonds is 7. The number of anilines is 1. The van der Waals surface area contributed by atoms with Gasteiger partial charge in [0.15, 0.2) is 0 Å². The Morgan fingerprint density at radius 2 is 1.96 bits per heavy atom. The van der Waals surface area contributed by atoms with E-state index in [-0.39, 0.29) is 0 Å². The number of hydrogen-bond acceptors (Lipinski definition) is 5. The van der Waals surface area contributed by atoms with Crippen LogP contribution in [0.3, 0.4) is 0 Å². The molecule has 5 heteroatoms. The van der Waals surface area contributed by atoms with Gasteiger partial charge in [0.1, 0.15) is 11.6 Å². The van der Waals surface area contributed by atoms with Crippen LogP contribution in [-0.2, 0) is 0 Å². The first-order chi connectivity index (χ1) is 11.8. The van der Waals surface area contributed by atoms with Crippen molar-refractivity contribution in [2.75, 3.05) is 18.1 Å². The van der Waals surface area contributed by atoms with Crippen LogP contribution in [0.5, 0.6) is 0 Å². The van der Waals surface area contributed by atoms with Crippen molar-refractivity contribution in [3.63, 3.8) is 0 Å². The molecule has 0 amide bonds. The SMILES string of the molecule is C=Nc1ccc(-c2cc(NCCCC(C)(C)C)nc(C)n2)cc1SC. The number of benzene rings is 1. The molecular weight excluding hydrogens is 328 g/mol. The molecule has 0 saturated heterocycles. The average molecular weight is 357 g/mol. The first kappa shape index (κ1) is 19.4. The highest BCUT2D eigenvalue weighted by molar-refractivity contribution is 7.98. The third-order valence-corrected chi connectivity index (χ3v) is 4.66. The van der Waals surface area contributed by atoms with Crippen LogP contribution in [0, 0.1) is 12.3 Å². The van der Waals surface area contributed by atoms with Gasteiger partial charge in [-0.15, -0.1) is 11.8 Å². The Kier molecular flexibility index (Phi) is 6.59. The lowest BCUT2D eigenvalue weighted by molar-refractivity contribution is 0.370. The molecule has 0 atom stereocenters. The Hall–Kier alpha value is -1.88. The highest BCUT2D eigenvalue weighted by atomic mass is 32.2. The lowest BCUT2D eigenvalue weighted by Gasteiger charge is -2.18. The third-order valence-electron chi connectivity index (χ3n) is 3.89. The third kappa shape index (κ3) is 5.85. The molecule has 0 fully saturated rings. The van der Waals surface area contributed by atoms with Crippen LogP contribution in [0.1, 0.15) is 39.4 Å². The largest absolute Gasteiger partial charge is 0.370 e. The maximum absolute atomic E-state index is 4.60. The second-order valence-corrected chi connectivity index (χ2v) is 8.17.